The molecule has 0 aromatic carbocycles. The van der Waals surface area contributed by atoms with E-state index < -0.39 is 0 Å². The number of fused-ring (bicyclic) bond motifs is 1. The fourth-order valence-electron chi connectivity index (χ4n) is 4.29. The zero-order chi connectivity index (χ0) is 13.7. The van der Waals surface area contributed by atoms with Gasteiger partial charge in [-0.05, 0) is 85.4 Å². The van der Waals surface area contributed by atoms with E-state index in [-0.39, 0.29) is 0 Å². The van der Waals surface area contributed by atoms with E-state index in [1.807, 2.05) is 0 Å². The number of allylic oxidation sites excluding steroid dienone is 8. The lowest BCUT2D eigenvalue weighted by molar-refractivity contribution is 0.678. The molecule has 3 aliphatic rings. The van der Waals surface area contributed by atoms with Gasteiger partial charge in [-0.25, -0.2) is 0 Å². The predicted molar refractivity (Wildman–Crippen MR) is 87.5 cm³/mol. The van der Waals surface area contributed by atoms with Gasteiger partial charge in [0.1, 0.15) is 0 Å². The number of hydrogen-bond acceptors (Lipinski definition) is 0. The third kappa shape index (κ3) is 1.86. The van der Waals surface area contributed by atoms with Gasteiger partial charge >= 0.3 is 0 Å². The normalized spacial score (nSPS) is 31.5. The molecule has 0 spiro atoms. The van der Waals surface area contributed by atoms with Crippen molar-refractivity contribution in [3.05, 3.63) is 45.1 Å². The standard InChI is InChI=1S/C18H26Si/c1-10-11(2)13(4)17(12(10)3)18-15-8-6-5-7-14(15)9-16(18)19/h9,12,16H,5-8H2,1-4,19H3. The van der Waals surface area contributed by atoms with E-state index in [1.165, 1.54) is 35.9 Å². The number of rotatable bonds is 1. The minimum Gasteiger partial charge on any atom is -0.0772 e. The molecule has 3 aliphatic carbocycles. The second kappa shape index (κ2) is 4.62. The molecule has 0 N–H and O–H groups in total. The molecule has 0 aliphatic heterocycles. The van der Waals surface area contributed by atoms with Crippen LogP contribution in [0.2, 0.25) is 5.54 Å². The van der Waals surface area contributed by atoms with E-state index in [0.29, 0.717) is 5.92 Å². The van der Waals surface area contributed by atoms with Crippen LogP contribution in [0.15, 0.2) is 45.1 Å². The SMILES string of the molecule is CC1=C(C)C(C)C(C2=C3CCCCC3=CC2[SiH3])=C1C. The Morgan fingerprint density at radius 1 is 1.00 bits per heavy atom. The van der Waals surface area contributed by atoms with Gasteiger partial charge < -0.3 is 0 Å². The van der Waals surface area contributed by atoms with Crippen LogP contribution in [0.1, 0.15) is 53.4 Å². The summed E-state index contributed by atoms with van der Waals surface area (Å²) in [6, 6.07) is 0. The minimum atomic E-state index is 0.647. The zero-order valence-electron chi connectivity index (χ0n) is 13.1. The second-order valence-corrected chi connectivity index (χ2v) is 7.89. The van der Waals surface area contributed by atoms with Crippen LogP contribution in [0.3, 0.4) is 0 Å². The molecule has 1 heteroatoms. The highest BCUT2D eigenvalue weighted by molar-refractivity contribution is 6.16. The van der Waals surface area contributed by atoms with Crippen molar-refractivity contribution in [2.45, 2.75) is 58.9 Å². The summed E-state index contributed by atoms with van der Waals surface area (Å²) in [4.78, 5) is 0. The first kappa shape index (κ1) is 13.2. The largest absolute Gasteiger partial charge is 0.0772 e. The van der Waals surface area contributed by atoms with E-state index in [2.05, 4.69) is 33.8 Å². The zero-order valence-corrected chi connectivity index (χ0v) is 15.1. The van der Waals surface area contributed by atoms with Gasteiger partial charge in [-0.15, -0.1) is 0 Å². The Kier molecular flexibility index (Phi) is 3.21. The molecule has 0 nitrogen and oxygen atoms in total. The molecule has 0 radical (unpaired) electrons. The molecule has 1 saturated carbocycles. The van der Waals surface area contributed by atoms with E-state index in [0.717, 1.165) is 5.54 Å². The predicted octanol–water partition coefficient (Wildman–Crippen LogP) is 4.25. The topological polar surface area (TPSA) is 0 Å². The maximum Gasteiger partial charge on any atom is 0.0171 e. The molecule has 2 unspecified atom stereocenters. The van der Waals surface area contributed by atoms with Crippen LogP contribution in [0.5, 0.6) is 0 Å². The minimum absolute atomic E-state index is 0.647. The van der Waals surface area contributed by atoms with Crippen LogP contribution in [0.4, 0.5) is 0 Å². The van der Waals surface area contributed by atoms with Gasteiger partial charge in [0.05, 0.1) is 0 Å². The van der Waals surface area contributed by atoms with Gasteiger partial charge in [-0.1, -0.05) is 18.6 Å². The van der Waals surface area contributed by atoms with Crippen molar-refractivity contribution in [3.8, 4) is 0 Å². The van der Waals surface area contributed by atoms with Crippen molar-refractivity contribution in [2.75, 3.05) is 0 Å². The monoisotopic (exact) mass is 270 g/mol. The third-order valence-corrected chi connectivity index (χ3v) is 6.58. The first-order valence-electron chi connectivity index (χ1n) is 7.85. The van der Waals surface area contributed by atoms with Gasteiger partial charge in [-0.3, -0.25) is 0 Å². The summed E-state index contributed by atoms with van der Waals surface area (Å²) in [5.74, 6) is 0.647. The highest BCUT2D eigenvalue weighted by Crippen LogP contribution is 2.50. The highest BCUT2D eigenvalue weighted by atomic mass is 28.1. The van der Waals surface area contributed by atoms with E-state index in [4.69, 9.17) is 0 Å². The van der Waals surface area contributed by atoms with Gasteiger partial charge in [0.2, 0.25) is 0 Å². The van der Waals surface area contributed by atoms with E-state index in [9.17, 15) is 0 Å². The maximum atomic E-state index is 2.60. The van der Waals surface area contributed by atoms with E-state index in [1.54, 1.807) is 39.0 Å². The molecular formula is C18H26Si. The van der Waals surface area contributed by atoms with Crippen LogP contribution >= 0.6 is 0 Å². The molecule has 3 rings (SSSR count). The summed E-state index contributed by atoms with van der Waals surface area (Å²) in [7, 11) is 1.27. The maximum absolute atomic E-state index is 2.60. The molecular weight excluding hydrogens is 244 g/mol. The van der Waals surface area contributed by atoms with Crippen molar-refractivity contribution >= 4 is 10.2 Å². The van der Waals surface area contributed by atoms with Gasteiger partial charge in [-0.2, -0.15) is 0 Å². The first-order valence-corrected chi connectivity index (χ1v) is 9.00. The smallest absolute Gasteiger partial charge is 0.0171 e. The van der Waals surface area contributed by atoms with Crippen molar-refractivity contribution in [2.24, 2.45) is 5.92 Å². The lowest BCUT2D eigenvalue weighted by Gasteiger charge is -2.22. The van der Waals surface area contributed by atoms with Crippen molar-refractivity contribution in [1.29, 1.82) is 0 Å². The average molecular weight is 270 g/mol. The van der Waals surface area contributed by atoms with E-state index >= 15 is 0 Å². The molecule has 0 saturated heterocycles. The second-order valence-electron chi connectivity index (χ2n) is 6.65. The quantitative estimate of drug-likeness (QED) is 0.625. The molecule has 102 valence electrons. The van der Waals surface area contributed by atoms with Crippen LogP contribution < -0.4 is 0 Å². The summed E-state index contributed by atoms with van der Waals surface area (Å²) in [5.41, 5.74) is 12.4. The highest BCUT2D eigenvalue weighted by Gasteiger charge is 2.33. The molecule has 0 aromatic rings. The fraction of sp³-hybridized carbons (Fsp3) is 0.556. The molecule has 0 bridgehead atoms. The summed E-state index contributed by atoms with van der Waals surface area (Å²) in [5, 5.41) is 0. The molecule has 0 heterocycles. The van der Waals surface area contributed by atoms with Crippen LogP contribution in [0.25, 0.3) is 0 Å². The Balaban J connectivity index is 2.09. The third-order valence-electron chi connectivity index (χ3n) is 5.67. The molecule has 0 amide bonds. The molecule has 1 fully saturated rings. The Hall–Kier alpha value is -0.823. The Labute approximate surface area is 120 Å². The van der Waals surface area contributed by atoms with Crippen LogP contribution in [-0.2, 0) is 0 Å². The summed E-state index contributed by atoms with van der Waals surface area (Å²) in [6.07, 6.45) is 8.08. The summed E-state index contributed by atoms with van der Waals surface area (Å²) >= 11 is 0. The summed E-state index contributed by atoms with van der Waals surface area (Å²) < 4.78 is 0. The lowest BCUT2D eigenvalue weighted by Crippen LogP contribution is -2.07. The average Bonchev–Trinajstić information content (AvgIpc) is 2.81. The van der Waals surface area contributed by atoms with Gasteiger partial charge in [0, 0.05) is 16.2 Å². The molecule has 19 heavy (non-hydrogen) atoms. The molecule has 0 aromatic heterocycles. The Morgan fingerprint density at radius 3 is 2.32 bits per heavy atom. The van der Waals surface area contributed by atoms with Crippen LogP contribution in [-0.4, -0.2) is 10.2 Å². The molecule has 2 atom stereocenters. The van der Waals surface area contributed by atoms with Crippen molar-refractivity contribution in [3.63, 3.8) is 0 Å². The number of hydrogen-bond donors (Lipinski definition) is 0. The van der Waals surface area contributed by atoms with Gasteiger partial charge in [0.15, 0.2) is 0 Å². The first-order chi connectivity index (χ1) is 9.02. The lowest BCUT2D eigenvalue weighted by atomic mass is 9.84. The van der Waals surface area contributed by atoms with Crippen molar-refractivity contribution in [1.82, 2.24) is 0 Å². The summed E-state index contributed by atoms with van der Waals surface area (Å²) in [6.45, 7) is 9.40. The van der Waals surface area contributed by atoms with Crippen molar-refractivity contribution < 1.29 is 0 Å². The van der Waals surface area contributed by atoms with Gasteiger partial charge in [0.25, 0.3) is 0 Å². The van der Waals surface area contributed by atoms with Crippen LogP contribution in [0, 0.1) is 5.92 Å². The Bertz CT molecular complexity index is 554. The Morgan fingerprint density at radius 2 is 1.68 bits per heavy atom. The fourth-order valence-corrected chi connectivity index (χ4v) is 5.35.